The Morgan fingerprint density at radius 3 is 2.63 bits per heavy atom. The second kappa shape index (κ2) is 10.3. The van der Waals surface area contributed by atoms with Crippen LogP contribution in [0.2, 0.25) is 0 Å². The zero-order valence-corrected chi connectivity index (χ0v) is 19.9. The van der Waals surface area contributed by atoms with Gasteiger partial charge in [0.2, 0.25) is 0 Å². The molecule has 0 bridgehead atoms. The van der Waals surface area contributed by atoms with E-state index in [4.69, 9.17) is 9.47 Å². The minimum Gasteiger partial charge on any atom is -0.493 e. The summed E-state index contributed by atoms with van der Waals surface area (Å²) in [4.78, 5) is 15.6. The highest BCUT2D eigenvalue weighted by molar-refractivity contribution is 5.99. The predicted octanol–water partition coefficient (Wildman–Crippen LogP) is 4.24. The van der Waals surface area contributed by atoms with Crippen molar-refractivity contribution in [3.63, 3.8) is 0 Å². The molecule has 178 valence electrons. The van der Waals surface area contributed by atoms with E-state index in [2.05, 4.69) is 53.5 Å². The van der Waals surface area contributed by atoms with E-state index in [9.17, 15) is 10.1 Å². The van der Waals surface area contributed by atoms with Crippen LogP contribution < -0.4 is 10.1 Å². The molecule has 0 radical (unpaired) electrons. The van der Waals surface area contributed by atoms with Crippen LogP contribution in [0.1, 0.15) is 17.5 Å². The van der Waals surface area contributed by atoms with Crippen molar-refractivity contribution in [3.05, 3.63) is 83.1 Å². The van der Waals surface area contributed by atoms with Gasteiger partial charge in [0, 0.05) is 42.4 Å². The lowest BCUT2D eigenvalue weighted by Crippen LogP contribution is -2.48. The number of ether oxygens (including phenoxy) is 2. The zero-order valence-electron chi connectivity index (χ0n) is 19.9. The molecule has 2 heterocycles. The van der Waals surface area contributed by atoms with Crippen LogP contribution in [-0.2, 0) is 9.53 Å². The third kappa shape index (κ3) is 5.07. The normalized spacial score (nSPS) is 22.1. The number of hydrogen-bond acceptors (Lipinski definition) is 5. The maximum Gasteiger partial charge on any atom is 0.251 e. The van der Waals surface area contributed by atoms with Crippen LogP contribution in [0.15, 0.2) is 72.0 Å². The van der Waals surface area contributed by atoms with E-state index in [1.807, 2.05) is 36.4 Å². The lowest BCUT2D eigenvalue weighted by atomic mass is 9.91. The monoisotopic (exact) mass is 467 g/mol. The van der Waals surface area contributed by atoms with Crippen LogP contribution in [0.3, 0.4) is 0 Å². The van der Waals surface area contributed by atoms with Gasteiger partial charge < -0.3 is 14.8 Å². The molecule has 2 aromatic carbocycles. The number of aryl methyl sites for hydroxylation is 1. The average Bonchev–Trinajstić information content (AvgIpc) is 3.11. The number of carbonyl (C=O) groups excluding carboxylic acids is 1. The minimum atomic E-state index is -0.440. The predicted molar refractivity (Wildman–Crippen MR) is 135 cm³/mol. The molecule has 6 nitrogen and oxygen atoms in total. The van der Waals surface area contributed by atoms with Gasteiger partial charge in [0.05, 0.1) is 25.9 Å². The van der Waals surface area contributed by atoms with E-state index >= 15 is 0 Å². The molecule has 0 saturated carbocycles. The van der Waals surface area contributed by atoms with E-state index in [0.717, 1.165) is 35.5 Å². The Bertz CT molecular complexity index is 1230. The SMILES string of the molecule is Cc1ccc(-c2ccc3c(c2)C=C(C(=O)NC2=CC=CC(N4CCOCC4)C2C#N)CCO3)cc1. The summed E-state index contributed by atoms with van der Waals surface area (Å²) in [5, 5.41) is 13.0. The molecule has 35 heavy (non-hydrogen) atoms. The van der Waals surface area contributed by atoms with E-state index < -0.39 is 5.92 Å². The Hall–Kier alpha value is -3.66. The highest BCUT2D eigenvalue weighted by Gasteiger charge is 2.32. The number of nitriles is 1. The number of allylic oxidation sites excluding steroid dienone is 2. The molecule has 2 aliphatic heterocycles. The number of benzene rings is 2. The Morgan fingerprint density at radius 1 is 1.09 bits per heavy atom. The Labute approximate surface area is 206 Å². The van der Waals surface area contributed by atoms with Crippen LogP contribution in [0.4, 0.5) is 0 Å². The molecule has 5 rings (SSSR count). The van der Waals surface area contributed by atoms with Gasteiger partial charge >= 0.3 is 0 Å². The number of amides is 1. The van der Waals surface area contributed by atoms with Gasteiger partial charge in [-0.2, -0.15) is 5.26 Å². The summed E-state index contributed by atoms with van der Waals surface area (Å²) in [7, 11) is 0. The fourth-order valence-electron chi connectivity index (χ4n) is 4.78. The van der Waals surface area contributed by atoms with Crippen molar-refractivity contribution in [1.82, 2.24) is 10.2 Å². The molecule has 3 aliphatic rings. The van der Waals surface area contributed by atoms with Crippen LogP contribution in [0.5, 0.6) is 5.75 Å². The summed E-state index contributed by atoms with van der Waals surface area (Å²) in [5.41, 5.74) is 5.56. The molecule has 1 aliphatic carbocycles. The lowest BCUT2D eigenvalue weighted by Gasteiger charge is -2.37. The third-order valence-electron chi connectivity index (χ3n) is 6.77. The summed E-state index contributed by atoms with van der Waals surface area (Å²) in [6.07, 6.45) is 8.21. The van der Waals surface area contributed by atoms with E-state index in [1.165, 1.54) is 5.56 Å². The Kier molecular flexibility index (Phi) is 6.80. The highest BCUT2D eigenvalue weighted by atomic mass is 16.5. The summed E-state index contributed by atoms with van der Waals surface area (Å²) < 4.78 is 11.4. The maximum absolute atomic E-state index is 13.3. The van der Waals surface area contributed by atoms with Crippen molar-refractivity contribution in [1.29, 1.82) is 5.26 Å². The second-order valence-electron chi connectivity index (χ2n) is 9.09. The molecule has 2 atom stereocenters. The first-order valence-corrected chi connectivity index (χ1v) is 12.1. The van der Waals surface area contributed by atoms with Gasteiger partial charge in [-0.1, -0.05) is 48.0 Å². The van der Waals surface area contributed by atoms with Gasteiger partial charge in [-0.05, 0) is 42.3 Å². The molecular weight excluding hydrogens is 438 g/mol. The fourth-order valence-corrected chi connectivity index (χ4v) is 4.78. The van der Waals surface area contributed by atoms with Gasteiger partial charge in [-0.25, -0.2) is 0 Å². The number of nitrogens with one attached hydrogen (secondary N) is 1. The lowest BCUT2D eigenvalue weighted by molar-refractivity contribution is -0.117. The van der Waals surface area contributed by atoms with Crippen LogP contribution in [-0.4, -0.2) is 49.8 Å². The molecule has 1 fully saturated rings. The van der Waals surface area contributed by atoms with Crippen molar-refractivity contribution in [3.8, 4) is 22.9 Å². The molecule has 0 aromatic heterocycles. The largest absolute Gasteiger partial charge is 0.493 e. The van der Waals surface area contributed by atoms with E-state index in [-0.39, 0.29) is 11.9 Å². The molecule has 2 aromatic rings. The molecular formula is C29H29N3O3. The van der Waals surface area contributed by atoms with Crippen molar-refractivity contribution in [2.75, 3.05) is 32.9 Å². The van der Waals surface area contributed by atoms with Crippen LogP contribution >= 0.6 is 0 Å². The minimum absolute atomic E-state index is 0.0755. The third-order valence-corrected chi connectivity index (χ3v) is 6.77. The van der Waals surface area contributed by atoms with Crippen molar-refractivity contribution < 1.29 is 14.3 Å². The zero-order chi connectivity index (χ0) is 24.2. The molecule has 6 heteroatoms. The van der Waals surface area contributed by atoms with Gasteiger partial charge in [-0.15, -0.1) is 0 Å². The first kappa shape index (κ1) is 23.1. The summed E-state index contributed by atoms with van der Waals surface area (Å²) in [5.74, 6) is 0.139. The molecule has 0 spiro atoms. The first-order valence-electron chi connectivity index (χ1n) is 12.1. The molecule has 1 saturated heterocycles. The standard InChI is InChI=1S/C29H29N3O3/c1-20-5-7-21(8-6-20)22-9-10-28-24(17-22)18-23(11-14-35-28)29(33)31-26-3-2-4-27(25(26)19-30)32-12-15-34-16-13-32/h2-10,17-18,25,27H,11-16H2,1H3,(H,31,33). The number of carbonyl (C=O) groups is 1. The summed E-state index contributed by atoms with van der Waals surface area (Å²) in [6.45, 7) is 5.36. The number of morpholine rings is 1. The first-order chi connectivity index (χ1) is 17.1. The summed E-state index contributed by atoms with van der Waals surface area (Å²) in [6, 6.07) is 16.8. The number of fused-ring (bicyclic) bond motifs is 1. The van der Waals surface area contributed by atoms with E-state index in [0.29, 0.717) is 37.5 Å². The number of hydrogen-bond donors (Lipinski definition) is 1. The van der Waals surface area contributed by atoms with Crippen molar-refractivity contribution in [2.24, 2.45) is 5.92 Å². The molecule has 1 N–H and O–H groups in total. The topological polar surface area (TPSA) is 74.6 Å². The van der Waals surface area contributed by atoms with Crippen molar-refractivity contribution in [2.45, 2.75) is 19.4 Å². The average molecular weight is 468 g/mol. The van der Waals surface area contributed by atoms with Crippen LogP contribution in [0, 0.1) is 24.2 Å². The quantitative estimate of drug-likeness (QED) is 0.728. The number of rotatable bonds is 4. The highest BCUT2D eigenvalue weighted by Crippen LogP contribution is 2.32. The maximum atomic E-state index is 13.3. The van der Waals surface area contributed by atoms with E-state index in [1.54, 1.807) is 0 Å². The van der Waals surface area contributed by atoms with Crippen LogP contribution in [0.25, 0.3) is 17.2 Å². The van der Waals surface area contributed by atoms with Gasteiger partial charge in [0.1, 0.15) is 11.7 Å². The second-order valence-corrected chi connectivity index (χ2v) is 9.09. The summed E-state index contributed by atoms with van der Waals surface area (Å²) >= 11 is 0. The molecule has 1 amide bonds. The number of nitrogens with zero attached hydrogens (tertiary/aromatic N) is 2. The van der Waals surface area contributed by atoms with Gasteiger partial charge in [0.15, 0.2) is 0 Å². The fraction of sp³-hybridized carbons (Fsp3) is 0.310. The van der Waals surface area contributed by atoms with Crippen molar-refractivity contribution >= 4 is 12.0 Å². The Balaban J connectivity index is 1.36. The smallest absolute Gasteiger partial charge is 0.251 e. The molecule has 2 unspecified atom stereocenters. The van der Waals surface area contributed by atoms with Gasteiger partial charge in [0.25, 0.3) is 5.91 Å². The van der Waals surface area contributed by atoms with Gasteiger partial charge in [-0.3, -0.25) is 9.69 Å². The Morgan fingerprint density at radius 2 is 1.86 bits per heavy atom.